The van der Waals surface area contributed by atoms with Crippen LogP contribution in [0.3, 0.4) is 0 Å². The Balaban J connectivity index is 0.00000242. The first-order chi connectivity index (χ1) is 9.92. The highest BCUT2D eigenvalue weighted by Crippen LogP contribution is 2.35. The first-order valence-electron chi connectivity index (χ1n) is 7.35. The molecule has 0 saturated carbocycles. The summed E-state index contributed by atoms with van der Waals surface area (Å²) in [4.78, 5) is 12.2. The zero-order valence-corrected chi connectivity index (χ0v) is 15.2. The Bertz CT molecular complexity index is 494. The van der Waals surface area contributed by atoms with Crippen LogP contribution in [0, 0.1) is 5.92 Å². The van der Waals surface area contributed by atoms with E-state index >= 15 is 0 Å². The van der Waals surface area contributed by atoms with E-state index in [-0.39, 0.29) is 29.6 Å². The Labute approximate surface area is 148 Å². The minimum absolute atomic E-state index is 0. The molecule has 2 rings (SSSR count). The van der Waals surface area contributed by atoms with Gasteiger partial charge in [-0.3, -0.25) is 4.79 Å². The Morgan fingerprint density at radius 1 is 1.27 bits per heavy atom. The molecule has 0 bridgehead atoms. The molecule has 1 aliphatic rings. The number of amides is 1. The van der Waals surface area contributed by atoms with E-state index < -0.39 is 0 Å². The van der Waals surface area contributed by atoms with Crippen molar-refractivity contribution in [2.24, 2.45) is 5.92 Å². The number of nitrogens with one attached hydrogen (secondary N) is 2. The highest BCUT2D eigenvalue weighted by atomic mass is 35.5. The summed E-state index contributed by atoms with van der Waals surface area (Å²) in [7, 11) is 0. The van der Waals surface area contributed by atoms with E-state index in [0.29, 0.717) is 16.6 Å². The number of carbonyl (C=O) groups is 1. The molecule has 1 aromatic carbocycles. The molecule has 1 heterocycles. The van der Waals surface area contributed by atoms with Gasteiger partial charge in [-0.1, -0.05) is 43.1 Å². The van der Waals surface area contributed by atoms with Gasteiger partial charge in [-0.2, -0.15) is 0 Å². The van der Waals surface area contributed by atoms with Crippen molar-refractivity contribution in [1.82, 2.24) is 10.6 Å². The van der Waals surface area contributed by atoms with Gasteiger partial charge in [0.05, 0.1) is 0 Å². The monoisotopic (exact) mass is 364 g/mol. The lowest BCUT2D eigenvalue weighted by Gasteiger charge is -2.29. The second-order valence-electron chi connectivity index (χ2n) is 6.22. The van der Waals surface area contributed by atoms with Crippen LogP contribution in [-0.2, 0) is 10.2 Å². The summed E-state index contributed by atoms with van der Waals surface area (Å²) in [5, 5.41) is 7.61. The lowest BCUT2D eigenvalue weighted by molar-refractivity contribution is -0.125. The van der Waals surface area contributed by atoms with Gasteiger partial charge < -0.3 is 10.6 Å². The minimum Gasteiger partial charge on any atom is -0.355 e. The van der Waals surface area contributed by atoms with Crippen LogP contribution in [0.25, 0.3) is 0 Å². The van der Waals surface area contributed by atoms with Gasteiger partial charge in [0, 0.05) is 27.9 Å². The summed E-state index contributed by atoms with van der Waals surface area (Å²) in [5.41, 5.74) is 0.580. The van der Waals surface area contributed by atoms with E-state index in [2.05, 4.69) is 10.6 Å². The number of benzene rings is 1. The van der Waals surface area contributed by atoms with Gasteiger partial charge in [-0.25, -0.2) is 0 Å². The molecule has 0 atom stereocenters. The second-order valence-corrected chi connectivity index (χ2v) is 7.04. The third-order valence-electron chi connectivity index (χ3n) is 4.05. The zero-order valence-electron chi connectivity index (χ0n) is 12.9. The van der Waals surface area contributed by atoms with Crippen LogP contribution in [-0.4, -0.2) is 25.5 Å². The van der Waals surface area contributed by atoms with Crippen molar-refractivity contribution in [1.29, 1.82) is 0 Å². The molecule has 124 valence electrons. The van der Waals surface area contributed by atoms with Gasteiger partial charge in [0.2, 0.25) is 5.91 Å². The van der Waals surface area contributed by atoms with E-state index in [4.69, 9.17) is 23.2 Å². The first-order valence-corrected chi connectivity index (χ1v) is 8.10. The number of piperidine rings is 1. The molecule has 0 aromatic heterocycles. The molecule has 1 fully saturated rings. The lowest BCUT2D eigenvalue weighted by atomic mass is 9.84. The molecule has 22 heavy (non-hydrogen) atoms. The summed E-state index contributed by atoms with van der Waals surface area (Å²) in [6.07, 6.45) is 1.80. The van der Waals surface area contributed by atoms with Crippen LogP contribution >= 0.6 is 35.6 Å². The SMILES string of the molecule is CC(C)(CNC(=O)C1CCNCC1)c1c(Cl)cccc1Cl.Cl. The summed E-state index contributed by atoms with van der Waals surface area (Å²) < 4.78 is 0. The summed E-state index contributed by atoms with van der Waals surface area (Å²) >= 11 is 12.5. The van der Waals surface area contributed by atoms with Gasteiger partial charge in [0.1, 0.15) is 0 Å². The fourth-order valence-corrected chi connectivity index (χ4v) is 3.68. The quantitative estimate of drug-likeness (QED) is 0.852. The van der Waals surface area contributed by atoms with Crippen molar-refractivity contribution in [3.05, 3.63) is 33.8 Å². The Hall–Kier alpha value is -0.480. The summed E-state index contributed by atoms with van der Waals surface area (Å²) in [6, 6.07) is 5.50. The Morgan fingerprint density at radius 2 is 1.82 bits per heavy atom. The molecule has 0 spiro atoms. The van der Waals surface area contributed by atoms with Crippen molar-refractivity contribution in [2.45, 2.75) is 32.1 Å². The molecule has 0 aliphatic carbocycles. The topological polar surface area (TPSA) is 41.1 Å². The first kappa shape index (κ1) is 19.6. The third kappa shape index (κ3) is 4.76. The molecule has 0 unspecified atom stereocenters. The normalized spacial score (nSPS) is 16.0. The van der Waals surface area contributed by atoms with Crippen LogP contribution in [0.15, 0.2) is 18.2 Å². The predicted octanol–water partition coefficient (Wildman–Crippen LogP) is 3.81. The van der Waals surface area contributed by atoms with Gasteiger partial charge in [-0.05, 0) is 43.6 Å². The average Bonchev–Trinajstić information content (AvgIpc) is 2.45. The molecule has 3 nitrogen and oxygen atoms in total. The van der Waals surface area contributed by atoms with Crippen molar-refractivity contribution >= 4 is 41.5 Å². The Morgan fingerprint density at radius 3 is 2.36 bits per heavy atom. The lowest BCUT2D eigenvalue weighted by Crippen LogP contribution is -2.43. The van der Waals surface area contributed by atoms with E-state index in [1.54, 1.807) is 0 Å². The molecule has 1 aliphatic heterocycles. The zero-order chi connectivity index (χ0) is 15.5. The van der Waals surface area contributed by atoms with Crippen molar-refractivity contribution in [3.8, 4) is 0 Å². The summed E-state index contributed by atoms with van der Waals surface area (Å²) in [5.74, 6) is 0.247. The molecule has 2 N–H and O–H groups in total. The summed E-state index contributed by atoms with van der Waals surface area (Å²) in [6.45, 7) is 6.44. The Kier molecular flexibility index (Phi) is 7.47. The maximum Gasteiger partial charge on any atom is 0.223 e. The van der Waals surface area contributed by atoms with Crippen molar-refractivity contribution in [2.75, 3.05) is 19.6 Å². The largest absolute Gasteiger partial charge is 0.355 e. The van der Waals surface area contributed by atoms with Crippen LogP contribution in [0.5, 0.6) is 0 Å². The molecule has 1 amide bonds. The van der Waals surface area contributed by atoms with Gasteiger partial charge in [0.15, 0.2) is 0 Å². The molecule has 1 saturated heterocycles. The van der Waals surface area contributed by atoms with Crippen LogP contribution in [0.4, 0.5) is 0 Å². The molecule has 0 radical (unpaired) electrons. The standard InChI is InChI=1S/C16H22Cl2N2O.ClH/c1-16(2,14-12(17)4-3-5-13(14)18)10-20-15(21)11-6-8-19-9-7-11;/h3-5,11,19H,6-10H2,1-2H3,(H,20,21);1H. The number of halogens is 3. The predicted molar refractivity (Wildman–Crippen MR) is 95.3 cm³/mol. The number of hydrogen-bond acceptors (Lipinski definition) is 2. The van der Waals surface area contributed by atoms with E-state index in [9.17, 15) is 4.79 Å². The smallest absolute Gasteiger partial charge is 0.223 e. The molecule has 6 heteroatoms. The molecular formula is C16H23Cl3N2O. The van der Waals surface area contributed by atoms with Gasteiger partial charge >= 0.3 is 0 Å². The fraction of sp³-hybridized carbons (Fsp3) is 0.562. The highest BCUT2D eigenvalue weighted by Gasteiger charge is 2.28. The number of rotatable bonds is 4. The van der Waals surface area contributed by atoms with Crippen molar-refractivity contribution in [3.63, 3.8) is 0 Å². The number of carbonyl (C=O) groups excluding carboxylic acids is 1. The molecular weight excluding hydrogens is 343 g/mol. The van der Waals surface area contributed by atoms with Gasteiger partial charge in [0.25, 0.3) is 0 Å². The van der Waals surface area contributed by atoms with E-state index in [1.807, 2.05) is 32.0 Å². The highest BCUT2D eigenvalue weighted by molar-refractivity contribution is 6.36. The van der Waals surface area contributed by atoms with E-state index in [0.717, 1.165) is 31.5 Å². The number of hydrogen-bond donors (Lipinski definition) is 2. The van der Waals surface area contributed by atoms with E-state index in [1.165, 1.54) is 0 Å². The second kappa shape index (κ2) is 8.39. The third-order valence-corrected chi connectivity index (χ3v) is 4.68. The average molecular weight is 366 g/mol. The van der Waals surface area contributed by atoms with Crippen molar-refractivity contribution < 1.29 is 4.79 Å². The molecule has 1 aromatic rings. The van der Waals surface area contributed by atoms with Crippen LogP contribution < -0.4 is 10.6 Å². The maximum absolute atomic E-state index is 12.2. The van der Waals surface area contributed by atoms with Crippen LogP contribution in [0.2, 0.25) is 10.0 Å². The minimum atomic E-state index is -0.308. The fourth-order valence-electron chi connectivity index (χ4n) is 2.77. The van der Waals surface area contributed by atoms with Gasteiger partial charge in [-0.15, -0.1) is 12.4 Å². The van der Waals surface area contributed by atoms with Crippen LogP contribution in [0.1, 0.15) is 32.3 Å². The maximum atomic E-state index is 12.2.